The molecule has 0 unspecified atom stereocenters. The van der Waals surface area contributed by atoms with Crippen LogP contribution in [0.3, 0.4) is 0 Å². The molecule has 1 fully saturated rings. The van der Waals surface area contributed by atoms with E-state index in [0.717, 1.165) is 11.9 Å². The molecule has 1 saturated heterocycles. The van der Waals surface area contributed by atoms with Crippen LogP contribution < -0.4 is 10.4 Å². The first-order valence-corrected chi connectivity index (χ1v) is 15.4. The zero-order valence-corrected chi connectivity index (χ0v) is 29.0. The average Bonchev–Trinajstić information content (AvgIpc) is 3.33. The third-order valence-corrected chi connectivity index (χ3v) is 7.08. The molecule has 0 atom stereocenters. The molecule has 0 aromatic carbocycles. The summed E-state index contributed by atoms with van der Waals surface area (Å²) in [5.41, 5.74) is 2.63. The van der Waals surface area contributed by atoms with Crippen LogP contribution in [0.1, 0.15) is 86.9 Å². The van der Waals surface area contributed by atoms with Gasteiger partial charge in [0.1, 0.15) is 11.9 Å². The van der Waals surface area contributed by atoms with Gasteiger partial charge in [0.2, 0.25) is 0 Å². The Morgan fingerprint density at radius 2 is 1.73 bits per heavy atom. The minimum Gasteiger partial charge on any atom is -0.444 e. The van der Waals surface area contributed by atoms with Crippen LogP contribution in [0.4, 0.5) is 19.3 Å². The highest BCUT2D eigenvalue weighted by molar-refractivity contribution is 5.70. The number of fused-ring (bicyclic) bond motifs is 1. The van der Waals surface area contributed by atoms with Crippen LogP contribution in [-0.4, -0.2) is 62.0 Å². The van der Waals surface area contributed by atoms with Crippen LogP contribution in [0.25, 0.3) is 11.3 Å². The number of aryl methyl sites for hydroxylation is 2. The van der Waals surface area contributed by atoms with Crippen molar-refractivity contribution in [2.45, 2.75) is 93.7 Å². The summed E-state index contributed by atoms with van der Waals surface area (Å²) in [6.45, 7) is 22.1. The van der Waals surface area contributed by atoms with E-state index in [0.29, 0.717) is 48.7 Å². The summed E-state index contributed by atoms with van der Waals surface area (Å²) in [5, 5.41) is 0. The molecule has 0 spiro atoms. The van der Waals surface area contributed by atoms with Crippen LogP contribution in [0.2, 0.25) is 0 Å². The number of hydrogen-bond donors (Lipinski definition) is 0. The van der Waals surface area contributed by atoms with Crippen molar-refractivity contribution < 1.29 is 23.1 Å². The van der Waals surface area contributed by atoms with Crippen molar-refractivity contribution in [2.24, 2.45) is 12.0 Å². The average molecular weight is 629 g/mol. The first-order valence-electron chi connectivity index (χ1n) is 15.4. The van der Waals surface area contributed by atoms with Gasteiger partial charge in [0.25, 0.3) is 0 Å². The number of ether oxygens (including phenoxy) is 1. The van der Waals surface area contributed by atoms with E-state index in [1.54, 1.807) is 40.2 Å². The molecule has 1 aliphatic rings. The summed E-state index contributed by atoms with van der Waals surface area (Å²) in [6, 6.07) is 2.87. The molecule has 0 N–H and O–H groups in total. The van der Waals surface area contributed by atoms with Crippen molar-refractivity contribution in [3.63, 3.8) is 0 Å². The van der Waals surface area contributed by atoms with Crippen LogP contribution in [0.15, 0.2) is 41.3 Å². The molecule has 4 heterocycles. The molecule has 9 nitrogen and oxygen atoms in total. The van der Waals surface area contributed by atoms with E-state index in [-0.39, 0.29) is 17.2 Å². The molecule has 3 aromatic heterocycles. The van der Waals surface area contributed by atoms with Gasteiger partial charge in [0.15, 0.2) is 22.8 Å². The normalized spacial score (nSPS) is 15.5. The number of rotatable bonds is 4. The van der Waals surface area contributed by atoms with Crippen LogP contribution in [0, 0.1) is 18.6 Å². The lowest BCUT2D eigenvalue weighted by Gasteiger charge is -2.47. The van der Waals surface area contributed by atoms with E-state index >= 15 is 4.39 Å². The Labute approximate surface area is 266 Å². The fraction of sp³-hybridized carbons (Fsp3) is 0.529. The van der Waals surface area contributed by atoms with Crippen molar-refractivity contribution in [3.8, 4) is 0 Å². The second-order valence-corrected chi connectivity index (χ2v) is 12.4. The van der Waals surface area contributed by atoms with Crippen molar-refractivity contribution in [1.29, 1.82) is 0 Å². The van der Waals surface area contributed by atoms with E-state index in [1.807, 2.05) is 68.5 Å². The summed E-state index contributed by atoms with van der Waals surface area (Å²) in [7, 11) is 1.75. The predicted molar refractivity (Wildman–Crippen MR) is 176 cm³/mol. The first-order chi connectivity index (χ1) is 21.0. The van der Waals surface area contributed by atoms with E-state index in [1.165, 1.54) is 19.1 Å². The number of imidazole rings is 1. The Hall–Kier alpha value is -4.02. The minimum atomic E-state index is -0.584. The molecule has 4 rings (SSSR count). The Bertz CT molecular complexity index is 1570. The molecule has 248 valence electrons. The summed E-state index contributed by atoms with van der Waals surface area (Å²) in [6.07, 6.45) is 6.43. The quantitative estimate of drug-likeness (QED) is 0.289. The second kappa shape index (κ2) is 15.3. The summed E-state index contributed by atoms with van der Waals surface area (Å²) < 4.78 is 39.5. The lowest BCUT2D eigenvalue weighted by Crippen LogP contribution is -2.62. The van der Waals surface area contributed by atoms with E-state index in [4.69, 9.17) is 14.5 Å². The van der Waals surface area contributed by atoms with Gasteiger partial charge in [-0.3, -0.25) is 4.90 Å². The molecule has 11 heteroatoms. The third kappa shape index (κ3) is 9.25. The number of aromatic nitrogens is 3. The number of carbonyl (C=O) groups excluding carboxylic acids is 2. The Morgan fingerprint density at radius 3 is 2.27 bits per heavy atom. The molecule has 1 amide bonds. The van der Waals surface area contributed by atoms with Crippen LogP contribution in [0.5, 0.6) is 0 Å². The standard InChI is InChI=1S/C30H40F2N6O2.C2H4O.C2H6/c1-10-19(2)25(21-13-23(31)27-33-20(3)15-37(27)16-21)34-26-24(32)14-22(17-35(26)9)36-11-12-38(30(7,8)18-36)28(39)40-29(4,5)6;1-2-3;1-2/h13-17H,10-12,18H2,1-9H3;2H,1H3;1-2H3/b25-19+,34-26?;;. The predicted octanol–water partition coefficient (Wildman–Crippen LogP) is 7.07. The van der Waals surface area contributed by atoms with Gasteiger partial charge in [-0.15, -0.1) is 0 Å². The van der Waals surface area contributed by atoms with Crippen LogP contribution in [-0.2, 0) is 16.6 Å². The largest absolute Gasteiger partial charge is 0.444 e. The number of anilines is 1. The van der Waals surface area contributed by atoms with Gasteiger partial charge in [-0.2, -0.15) is 0 Å². The minimum absolute atomic E-state index is 0.139. The fourth-order valence-electron chi connectivity index (χ4n) is 4.98. The number of nitrogens with zero attached hydrogens (tertiary/aromatic N) is 6. The summed E-state index contributed by atoms with van der Waals surface area (Å²) >= 11 is 0. The van der Waals surface area contributed by atoms with Gasteiger partial charge in [-0.05, 0) is 73.5 Å². The highest BCUT2D eigenvalue weighted by Crippen LogP contribution is 2.28. The molecule has 0 saturated carbocycles. The van der Waals surface area contributed by atoms with Crippen molar-refractivity contribution >= 4 is 29.4 Å². The Kier molecular flexibility index (Phi) is 12.6. The van der Waals surface area contributed by atoms with Crippen molar-refractivity contribution in [2.75, 3.05) is 24.5 Å². The lowest BCUT2D eigenvalue weighted by molar-refractivity contribution is -0.106. The topological polar surface area (TPSA) is 84.4 Å². The maximum Gasteiger partial charge on any atom is 0.410 e. The van der Waals surface area contributed by atoms with Gasteiger partial charge in [-0.25, -0.2) is 23.6 Å². The fourth-order valence-corrected chi connectivity index (χ4v) is 4.98. The van der Waals surface area contributed by atoms with E-state index in [9.17, 15) is 9.18 Å². The van der Waals surface area contributed by atoms with Gasteiger partial charge in [0, 0.05) is 56.9 Å². The molecule has 0 aliphatic carbocycles. The highest BCUT2D eigenvalue weighted by Gasteiger charge is 2.39. The monoisotopic (exact) mass is 628 g/mol. The third-order valence-electron chi connectivity index (χ3n) is 7.08. The lowest BCUT2D eigenvalue weighted by atomic mass is 9.99. The second-order valence-electron chi connectivity index (χ2n) is 12.4. The Balaban J connectivity index is 0.00000133. The Morgan fingerprint density at radius 1 is 1.11 bits per heavy atom. The first kappa shape index (κ1) is 37.2. The molecule has 1 aliphatic heterocycles. The molecule has 0 bridgehead atoms. The number of piperazine rings is 1. The van der Waals surface area contributed by atoms with Gasteiger partial charge in [-0.1, -0.05) is 20.8 Å². The van der Waals surface area contributed by atoms with Crippen molar-refractivity contribution in [3.05, 3.63) is 64.7 Å². The maximum absolute atomic E-state index is 15.7. The van der Waals surface area contributed by atoms with E-state index in [2.05, 4.69) is 9.88 Å². The van der Waals surface area contributed by atoms with Crippen molar-refractivity contribution in [1.82, 2.24) is 18.9 Å². The van der Waals surface area contributed by atoms with E-state index < -0.39 is 22.8 Å². The van der Waals surface area contributed by atoms with Crippen LogP contribution >= 0.6 is 0 Å². The highest BCUT2D eigenvalue weighted by atomic mass is 19.1. The zero-order chi connectivity index (χ0) is 34.3. The molecular weight excluding hydrogens is 578 g/mol. The number of amides is 1. The molecule has 3 aromatic rings. The maximum atomic E-state index is 15.7. The number of hydrogen-bond acceptors (Lipinski definition) is 6. The number of aldehydes is 1. The number of pyridine rings is 2. The number of carbonyl (C=O) groups is 2. The van der Waals surface area contributed by atoms with Gasteiger partial charge in [0.05, 0.1) is 22.6 Å². The number of allylic oxidation sites excluding steroid dienone is 1. The van der Waals surface area contributed by atoms with Gasteiger partial charge >= 0.3 is 6.09 Å². The van der Waals surface area contributed by atoms with Gasteiger partial charge < -0.3 is 23.4 Å². The molecule has 0 radical (unpaired) electrons. The summed E-state index contributed by atoms with van der Waals surface area (Å²) in [5.74, 6) is -0.954. The molecular formula is C34H50F2N6O3. The number of halogens is 2. The SMILES string of the molecule is CC.CC/C(C)=C(/N=c1c(F)cc(N2CCN(C(=O)OC(C)(C)C)C(C)(C)C2)cn1C)c1cc(F)c2nc(C)cn2c1.CC=O. The summed E-state index contributed by atoms with van der Waals surface area (Å²) in [4.78, 5) is 34.3. The zero-order valence-electron chi connectivity index (χ0n) is 29.0. The smallest absolute Gasteiger partial charge is 0.410 e. The molecule has 45 heavy (non-hydrogen) atoms.